The molecule has 0 aliphatic carbocycles. The largest absolute Gasteiger partial charge is 0.497 e. The third-order valence-corrected chi connectivity index (χ3v) is 8.75. The molecule has 1 unspecified atom stereocenters. The Bertz CT molecular complexity index is 533. The highest BCUT2D eigenvalue weighted by molar-refractivity contribution is 7.78. The first kappa shape index (κ1) is 19.4. The summed E-state index contributed by atoms with van der Waals surface area (Å²) in [6.07, 6.45) is 0. The van der Waals surface area contributed by atoms with Gasteiger partial charge in [-0.15, -0.1) is 0 Å². The van der Waals surface area contributed by atoms with Gasteiger partial charge in [0, 0.05) is 5.30 Å². The lowest BCUT2D eigenvalue weighted by Crippen LogP contribution is -2.13. The molecule has 1 aromatic carbocycles. The van der Waals surface area contributed by atoms with Crippen LogP contribution in [-0.4, -0.2) is 32.8 Å². The summed E-state index contributed by atoms with van der Waals surface area (Å²) in [6, 6.07) is 6.68. The molecule has 0 bridgehead atoms. The summed E-state index contributed by atoms with van der Waals surface area (Å²) >= 11 is 0. The standard InChI is InChI=1S/C14H24O6P2/c1-5-18-21(15,12-22(16,19-6-2)20-7-3)14-10-8-13(17-4)9-11-14/h8-11H,5-7,12H2,1-4H3. The first-order chi connectivity index (χ1) is 10.4. The van der Waals surface area contributed by atoms with Gasteiger partial charge in [0.2, 0.25) is 7.37 Å². The van der Waals surface area contributed by atoms with Crippen molar-refractivity contribution in [3.05, 3.63) is 24.3 Å². The lowest BCUT2D eigenvalue weighted by atomic mass is 10.3. The number of hydrogen-bond donors (Lipinski definition) is 0. The molecule has 0 radical (unpaired) electrons. The van der Waals surface area contributed by atoms with Gasteiger partial charge in [-0.25, -0.2) is 0 Å². The van der Waals surface area contributed by atoms with Gasteiger partial charge >= 0.3 is 7.60 Å². The summed E-state index contributed by atoms with van der Waals surface area (Å²) in [5, 5.41) is 0.467. The number of methoxy groups -OCH3 is 1. The SMILES string of the molecule is CCOP(=O)(CP(=O)(OCC)c1ccc(OC)cc1)OCC. The van der Waals surface area contributed by atoms with Gasteiger partial charge in [-0.2, -0.15) is 0 Å². The maximum Gasteiger partial charge on any atom is 0.340 e. The van der Waals surface area contributed by atoms with Crippen molar-refractivity contribution >= 4 is 20.3 Å². The maximum absolute atomic E-state index is 13.2. The quantitative estimate of drug-likeness (QED) is 0.597. The zero-order valence-corrected chi connectivity index (χ0v) is 15.3. The molecule has 0 amide bonds. The zero-order chi connectivity index (χ0) is 16.6. The van der Waals surface area contributed by atoms with E-state index in [1.54, 1.807) is 52.1 Å². The van der Waals surface area contributed by atoms with Crippen LogP contribution in [0, 0.1) is 0 Å². The Morgan fingerprint density at radius 2 is 1.36 bits per heavy atom. The second-order valence-corrected chi connectivity index (χ2v) is 9.37. The van der Waals surface area contributed by atoms with Crippen molar-refractivity contribution in [2.75, 3.05) is 32.8 Å². The second kappa shape index (κ2) is 8.85. The molecule has 126 valence electrons. The normalized spacial score (nSPS) is 14.5. The lowest BCUT2D eigenvalue weighted by molar-refractivity contribution is 0.222. The number of ether oxygens (including phenoxy) is 1. The van der Waals surface area contributed by atoms with E-state index < -0.39 is 15.0 Å². The molecule has 0 aromatic heterocycles. The maximum atomic E-state index is 13.2. The smallest absolute Gasteiger partial charge is 0.340 e. The zero-order valence-electron chi connectivity index (χ0n) is 13.5. The van der Waals surface area contributed by atoms with Gasteiger partial charge in [0.1, 0.15) is 11.7 Å². The number of benzene rings is 1. The Labute approximate surface area is 132 Å². The van der Waals surface area contributed by atoms with Gasteiger partial charge in [0.25, 0.3) is 0 Å². The Hall–Kier alpha value is -0.640. The van der Waals surface area contributed by atoms with E-state index in [0.29, 0.717) is 11.1 Å². The predicted molar refractivity (Wildman–Crippen MR) is 87.6 cm³/mol. The van der Waals surface area contributed by atoms with Crippen LogP contribution in [0.15, 0.2) is 24.3 Å². The summed E-state index contributed by atoms with van der Waals surface area (Å²) in [6.45, 7) is 5.83. The predicted octanol–water partition coefficient (Wildman–Crippen LogP) is 3.86. The molecule has 1 rings (SSSR count). The van der Waals surface area contributed by atoms with Crippen LogP contribution in [0.1, 0.15) is 20.8 Å². The molecule has 0 aliphatic rings. The minimum absolute atomic E-state index is 0.214. The van der Waals surface area contributed by atoms with Gasteiger partial charge in [-0.1, -0.05) is 0 Å². The van der Waals surface area contributed by atoms with Gasteiger partial charge in [-0.05, 0) is 45.0 Å². The average molecular weight is 350 g/mol. The molecule has 6 nitrogen and oxygen atoms in total. The minimum Gasteiger partial charge on any atom is -0.497 e. The van der Waals surface area contributed by atoms with Crippen LogP contribution in [0.2, 0.25) is 0 Å². The van der Waals surface area contributed by atoms with Crippen molar-refractivity contribution in [3.63, 3.8) is 0 Å². The minimum atomic E-state index is -3.47. The van der Waals surface area contributed by atoms with E-state index in [0.717, 1.165) is 0 Å². The molecule has 0 saturated carbocycles. The summed E-state index contributed by atoms with van der Waals surface area (Å²) in [5.41, 5.74) is 0. The molecule has 8 heteroatoms. The third kappa shape index (κ3) is 5.22. The molecule has 0 spiro atoms. The van der Waals surface area contributed by atoms with Crippen molar-refractivity contribution in [1.82, 2.24) is 0 Å². The third-order valence-electron chi connectivity index (χ3n) is 2.81. The van der Waals surface area contributed by atoms with Crippen LogP contribution in [0.25, 0.3) is 0 Å². The van der Waals surface area contributed by atoms with E-state index >= 15 is 0 Å². The summed E-state index contributed by atoms with van der Waals surface area (Å²) in [7, 11) is -5.27. The molecule has 0 heterocycles. The summed E-state index contributed by atoms with van der Waals surface area (Å²) < 4.78 is 46.9. The summed E-state index contributed by atoms with van der Waals surface area (Å²) in [5.74, 6) is 0.367. The monoisotopic (exact) mass is 350 g/mol. The molecule has 0 fully saturated rings. The van der Waals surface area contributed by atoms with Crippen LogP contribution in [-0.2, 0) is 22.7 Å². The Morgan fingerprint density at radius 1 is 0.864 bits per heavy atom. The average Bonchev–Trinajstić information content (AvgIpc) is 2.47. The molecular weight excluding hydrogens is 326 g/mol. The van der Waals surface area contributed by atoms with E-state index in [1.807, 2.05) is 0 Å². The number of rotatable bonds is 10. The molecule has 1 atom stereocenters. The van der Waals surface area contributed by atoms with Crippen LogP contribution >= 0.6 is 15.0 Å². The first-order valence-electron chi connectivity index (χ1n) is 7.19. The fraction of sp³-hybridized carbons (Fsp3) is 0.571. The Balaban J connectivity index is 3.12. The fourth-order valence-electron chi connectivity index (χ4n) is 1.96. The van der Waals surface area contributed by atoms with Crippen LogP contribution in [0.4, 0.5) is 0 Å². The van der Waals surface area contributed by atoms with Gasteiger partial charge in [0.05, 0.1) is 26.9 Å². The van der Waals surface area contributed by atoms with E-state index in [-0.39, 0.29) is 25.7 Å². The first-order valence-corrected chi connectivity index (χ1v) is 10.7. The van der Waals surface area contributed by atoms with E-state index in [9.17, 15) is 9.13 Å². The highest BCUT2D eigenvalue weighted by atomic mass is 31.2. The molecule has 22 heavy (non-hydrogen) atoms. The van der Waals surface area contributed by atoms with Gasteiger partial charge in [0.15, 0.2) is 0 Å². The highest BCUT2D eigenvalue weighted by Crippen LogP contribution is 2.62. The van der Waals surface area contributed by atoms with Crippen molar-refractivity contribution in [3.8, 4) is 5.75 Å². The van der Waals surface area contributed by atoms with Crippen LogP contribution in [0.3, 0.4) is 0 Å². The van der Waals surface area contributed by atoms with E-state index in [4.69, 9.17) is 18.3 Å². The topological polar surface area (TPSA) is 71.1 Å². The fourth-order valence-corrected chi connectivity index (χ4v) is 7.44. The van der Waals surface area contributed by atoms with E-state index in [2.05, 4.69) is 0 Å². The van der Waals surface area contributed by atoms with Gasteiger partial charge in [-0.3, -0.25) is 9.13 Å². The molecule has 0 N–H and O–H groups in total. The highest BCUT2D eigenvalue weighted by Gasteiger charge is 2.38. The summed E-state index contributed by atoms with van der Waals surface area (Å²) in [4.78, 5) is 0. The van der Waals surface area contributed by atoms with Crippen molar-refractivity contribution in [2.24, 2.45) is 0 Å². The number of hydrogen-bond acceptors (Lipinski definition) is 6. The second-order valence-electron chi connectivity index (χ2n) is 4.38. The Kier molecular flexibility index (Phi) is 7.81. The molecule has 0 aliphatic heterocycles. The Morgan fingerprint density at radius 3 is 1.77 bits per heavy atom. The van der Waals surface area contributed by atoms with Gasteiger partial charge < -0.3 is 18.3 Å². The lowest BCUT2D eigenvalue weighted by Gasteiger charge is -2.23. The van der Waals surface area contributed by atoms with Crippen molar-refractivity contribution in [1.29, 1.82) is 0 Å². The van der Waals surface area contributed by atoms with Crippen molar-refractivity contribution in [2.45, 2.75) is 20.8 Å². The molecule has 1 aromatic rings. The van der Waals surface area contributed by atoms with Crippen LogP contribution in [0.5, 0.6) is 5.75 Å². The van der Waals surface area contributed by atoms with E-state index in [1.165, 1.54) is 0 Å². The van der Waals surface area contributed by atoms with Crippen LogP contribution < -0.4 is 10.0 Å². The van der Waals surface area contributed by atoms with Crippen molar-refractivity contribution < 1.29 is 27.4 Å². The molecular formula is C14H24O6P2. The molecule has 0 saturated heterocycles.